The van der Waals surface area contributed by atoms with Gasteiger partial charge in [0.15, 0.2) is 0 Å². The van der Waals surface area contributed by atoms with Crippen molar-refractivity contribution in [1.82, 2.24) is 0 Å². The summed E-state index contributed by atoms with van der Waals surface area (Å²) in [5, 5.41) is 0. The van der Waals surface area contributed by atoms with Gasteiger partial charge in [-0.05, 0) is 0 Å². The first-order chi connectivity index (χ1) is 15.3. The molecule has 4 fully saturated rings. The second-order valence-electron chi connectivity index (χ2n) is 8.37. The van der Waals surface area contributed by atoms with Gasteiger partial charge in [-0.15, -0.1) is 0 Å². The normalized spacial score (nSPS) is 37.4. The maximum absolute atomic E-state index is 6.72. The highest BCUT2D eigenvalue weighted by molar-refractivity contribution is 5.31. The van der Waals surface area contributed by atoms with E-state index in [1.807, 2.05) is 60.7 Å². The molecule has 4 aliphatic heterocycles. The summed E-state index contributed by atoms with van der Waals surface area (Å²) in [6.45, 7) is 3.55. The maximum atomic E-state index is 6.72. The number of epoxide rings is 4. The van der Waals surface area contributed by atoms with Gasteiger partial charge in [0, 0.05) is 11.1 Å². The van der Waals surface area contributed by atoms with Gasteiger partial charge in [0.2, 0.25) is 11.6 Å². The number of hydrogen-bond acceptors (Lipinski definition) is 7. The molecule has 0 aliphatic carbocycles. The molecular formula is C24H26O7. The Labute approximate surface area is 181 Å². The largest absolute Gasteiger partial charge is 0.376 e. The Hall–Kier alpha value is -1.84. The smallest absolute Gasteiger partial charge is 0.228 e. The predicted molar refractivity (Wildman–Crippen MR) is 108 cm³/mol. The Balaban J connectivity index is 1.21. The van der Waals surface area contributed by atoms with Crippen molar-refractivity contribution in [2.24, 2.45) is 0 Å². The summed E-state index contributed by atoms with van der Waals surface area (Å²) >= 11 is 0. The lowest BCUT2D eigenvalue weighted by atomic mass is 10.0. The quantitative estimate of drug-likeness (QED) is 0.482. The highest BCUT2D eigenvalue weighted by atomic mass is 16.9. The van der Waals surface area contributed by atoms with Gasteiger partial charge < -0.3 is 33.2 Å². The van der Waals surface area contributed by atoms with Crippen LogP contribution in [0.3, 0.4) is 0 Å². The van der Waals surface area contributed by atoms with E-state index in [-0.39, 0.29) is 24.4 Å². The molecule has 0 saturated carbocycles. The summed E-state index contributed by atoms with van der Waals surface area (Å²) < 4.78 is 41.1. The molecule has 6 rings (SSSR count). The van der Waals surface area contributed by atoms with E-state index in [1.165, 1.54) is 0 Å². The van der Waals surface area contributed by atoms with E-state index in [1.54, 1.807) is 0 Å². The van der Waals surface area contributed by atoms with E-state index >= 15 is 0 Å². The van der Waals surface area contributed by atoms with Gasteiger partial charge in [-0.1, -0.05) is 60.7 Å². The zero-order valence-corrected chi connectivity index (χ0v) is 17.2. The van der Waals surface area contributed by atoms with Crippen LogP contribution in [-0.4, -0.2) is 64.1 Å². The second-order valence-corrected chi connectivity index (χ2v) is 8.37. The molecule has 0 amide bonds. The van der Waals surface area contributed by atoms with Crippen LogP contribution in [0.4, 0.5) is 0 Å². The van der Waals surface area contributed by atoms with Gasteiger partial charge in [0.05, 0.1) is 39.6 Å². The summed E-state index contributed by atoms with van der Waals surface area (Å²) in [4.78, 5) is 0. The molecule has 4 saturated heterocycles. The molecule has 0 bridgehead atoms. The third-order valence-corrected chi connectivity index (χ3v) is 5.97. The standard InChI is InChI=1S/C24H26O7/c1-3-7-17(8-4-1)23(21(29-23)15-25-11-19-13-27-19)31-24(18-9-5-2-6-10-18)22(30-24)16-26-12-20-14-28-20/h1-10,19-22H,11-16H2. The Morgan fingerprint density at radius 2 is 1.06 bits per heavy atom. The molecule has 0 aromatic heterocycles. The van der Waals surface area contributed by atoms with E-state index < -0.39 is 11.6 Å². The monoisotopic (exact) mass is 426 g/mol. The molecule has 6 atom stereocenters. The lowest BCUT2D eigenvalue weighted by molar-refractivity contribution is -0.161. The average Bonchev–Trinajstić information content (AvgIpc) is 3.64. The van der Waals surface area contributed by atoms with Crippen molar-refractivity contribution in [3.8, 4) is 0 Å². The topological polar surface area (TPSA) is 77.8 Å². The molecule has 2 aromatic carbocycles. The Morgan fingerprint density at radius 3 is 1.45 bits per heavy atom. The van der Waals surface area contributed by atoms with Gasteiger partial charge >= 0.3 is 0 Å². The van der Waals surface area contributed by atoms with E-state index in [4.69, 9.17) is 33.2 Å². The minimum Gasteiger partial charge on any atom is -0.376 e. The summed E-state index contributed by atoms with van der Waals surface area (Å²) in [5.41, 5.74) is 1.89. The molecule has 0 radical (unpaired) electrons. The Bertz CT molecular complexity index is 812. The molecule has 0 N–H and O–H groups in total. The van der Waals surface area contributed by atoms with Gasteiger partial charge in [0.25, 0.3) is 0 Å². The lowest BCUT2D eigenvalue weighted by Crippen LogP contribution is -2.30. The SMILES string of the molecule is c1ccc(C2(OC3(c4ccccc4)OC3COCC3CO3)OC2COCC2CO2)cc1. The van der Waals surface area contributed by atoms with Crippen molar-refractivity contribution in [2.45, 2.75) is 36.0 Å². The maximum Gasteiger partial charge on any atom is 0.228 e. The molecule has 4 aliphatic rings. The van der Waals surface area contributed by atoms with Crippen molar-refractivity contribution in [3.63, 3.8) is 0 Å². The summed E-state index contributed by atoms with van der Waals surface area (Å²) in [7, 11) is 0. The number of ether oxygens (including phenoxy) is 7. The van der Waals surface area contributed by atoms with Gasteiger partial charge in [-0.25, -0.2) is 0 Å². The first-order valence-electron chi connectivity index (χ1n) is 10.8. The summed E-state index contributed by atoms with van der Waals surface area (Å²) in [6, 6.07) is 20.0. The lowest BCUT2D eigenvalue weighted by Gasteiger charge is -2.22. The summed E-state index contributed by atoms with van der Waals surface area (Å²) in [5.74, 6) is -1.84. The predicted octanol–water partition coefficient (Wildman–Crippen LogP) is 2.34. The van der Waals surface area contributed by atoms with Crippen molar-refractivity contribution in [2.75, 3.05) is 39.6 Å². The van der Waals surface area contributed by atoms with Crippen molar-refractivity contribution < 1.29 is 33.2 Å². The molecule has 31 heavy (non-hydrogen) atoms. The second kappa shape index (κ2) is 7.94. The molecule has 7 nitrogen and oxygen atoms in total. The van der Waals surface area contributed by atoms with Crippen molar-refractivity contribution >= 4 is 0 Å². The van der Waals surface area contributed by atoms with E-state index in [9.17, 15) is 0 Å². The van der Waals surface area contributed by atoms with Crippen LogP contribution in [-0.2, 0) is 44.7 Å². The van der Waals surface area contributed by atoms with Gasteiger partial charge in [0.1, 0.15) is 24.4 Å². The van der Waals surface area contributed by atoms with Crippen molar-refractivity contribution in [1.29, 1.82) is 0 Å². The Morgan fingerprint density at radius 1 is 0.645 bits per heavy atom. The highest BCUT2D eigenvalue weighted by Crippen LogP contribution is 2.58. The fourth-order valence-corrected chi connectivity index (χ4v) is 3.96. The van der Waals surface area contributed by atoms with E-state index in [0.29, 0.717) is 26.4 Å². The Kier molecular flexibility index (Phi) is 5.07. The molecule has 0 spiro atoms. The number of benzene rings is 2. The molecular weight excluding hydrogens is 400 g/mol. The first kappa shape index (κ1) is 19.8. The van der Waals surface area contributed by atoms with Crippen LogP contribution in [0.2, 0.25) is 0 Å². The van der Waals surface area contributed by atoms with Crippen LogP contribution in [0, 0.1) is 0 Å². The zero-order chi connectivity index (χ0) is 20.7. The minimum atomic E-state index is -0.921. The van der Waals surface area contributed by atoms with Crippen LogP contribution >= 0.6 is 0 Å². The van der Waals surface area contributed by atoms with E-state index in [0.717, 1.165) is 24.3 Å². The average molecular weight is 426 g/mol. The molecule has 7 heteroatoms. The van der Waals surface area contributed by atoms with Crippen molar-refractivity contribution in [3.05, 3.63) is 71.8 Å². The molecule has 4 heterocycles. The van der Waals surface area contributed by atoms with E-state index in [2.05, 4.69) is 0 Å². The highest BCUT2D eigenvalue weighted by Gasteiger charge is 2.70. The third-order valence-electron chi connectivity index (χ3n) is 5.97. The zero-order valence-electron chi connectivity index (χ0n) is 17.2. The molecule has 164 valence electrons. The molecule has 2 aromatic rings. The number of hydrogen-bond donors (Lipinski definition) is 0. The van der Waals surface area contributed by atoms with Crippen LogP contribution in [0.15, 0.2) is 60.7 Å². The fourth-order valence-electron chi connectivity index (χ4n) is 3.96. The first-order valence-corrected chi connectivity index (χ1v) is 10.8. The van der Waals surface area contributed by atoms with Gasteiger partial charge in [-0.3, -0.25) is 0 Å². The fraction of sp³-hybridized carbons (Fsp3) is 0.500. The number of rotatable bonds is 12. The summed E-state index contributed by atoms with van der Waals surface area (Å²) in [6.07, 6.45) is -0.0184. The molecule has 6 unspecified atom stereocenters. The van der Waals surface area contributed by atoms with Crippen LogP contribution in [0.25, 0.3) is 0 Å². The van der Waals surface area contributed by atoms with Crippen LogP contribution in [0.5, 0.6) is 0 Å². The van der Waals surface area contributed by atoms with Gasteiger partial charge in [-0.2, -0.15) is 0 Å². The van der Waals surface area contributed by atoms with Crippen LogP contribution < -0.4 is 0 Å². The van der Waals surface area contributed by atoms with Crippen LogP contribution in [0.1, 0.15) is 11.1 Å². The minimum absolute atomic E-state index is 0.213. The third kappa shape index (κ3) is 4.15.